The van der Waals surface area contributed by atoms with Gasteiger partial charge in [-0.05, 0) is 49.7 Å². The lowest BCUT2D eigenvalue weighted by molar-refractivity contribution is -0.131. The molecule has 0 spiro atoms. The molecule has 2 aromatic rings. The van der Waals surface area contributed by atoms with Gasteiger partial charge in [-0.25, -0.2) is 9.67 Å². The molecule has 0 unspecified atom stereocenters. The summed E-state index contributed by atoms with van der Waals surface area (Å²) in [7, 11) is 0. The number of nitrogens with zero attached hydrogens (tertiary/aromatic N) is 4. The Morgan fingerprint density at radius 3 is 2.61 bits per heavy atom. The Morgan fingerprint density at radius 1 is 1.04 bits per heavy atom. The van der Waals surface area contributed by atoms with E-state index in [0.717, 1.165) is 41.6 Å². The van der Waals surface area contributed by atoms with Crippen LogP contribution in [-0.4, -0.2) is 44.4 Å². The molecule has 2 saturated carbocycles. The molecular weight excluding hydrogens is 368 g/mol. The van der Waals surface area contributed by atoms with Crippen LogP contribution in [0.25, 0.3) is 5.69 Å². The number of benzene rings is 1. The highest BCUT2D eigenvalue weighted by atomic mass is 32.2. The maximum absolute atomic E-state index is 12.8. The van der Waals surface area contributed by atoms with Gasteiger partial charge in [-0.3, -0.25) is 4.79 Å². The van der Waals surface area contributed by atoms with Crippen LogP contribution in [0.4, 0.5) is 0 Å². The molecule has 3 fully saturated rings. The Balaban J connectivity index is 1.24. The molecule has 6 heteroatoms. The Bertz CT molecular complexity index is 832. The zero-order chi connectivity index (χ0) is 18.9. The number of carbonyl (C=O) groups excluding carboxylic acids is 1. The number of para-hydroxylation sites is 1. The second-order valence-corrected chi connectivity index (χ2v) is 9.44. The standard InChI is InChI=1S/C22H28N4OS/c27-20(25-13-12-16-6-4-5-7-18(16)14-25)15-28-22-23-21(17-10-11-17)26(24-22)19-8-2-1-3-9-19/h1-3,8-9,16-18H,4-7,10-15H2/t16-,18+/m0/s1. The average Bonchev–Trinajstić information content (AvgIpc) is 3.51. The topological polar surface area (TPSA) is 51.0 Å². The quantitative estimate of drug-likeness (QED) is 0.708. The summed E-state index contributed by atoms with van der Waals surface area (Å²) in [6.45, 7) is 1.89. The van der Waals surface area contributed by atoms with E-state index in [9.17, 15) is 4.79 Å². The van der Waals surface area contributed by atoms with Crippen molar-refractivity contribution in [1.82, 2.24) is 19.7 Å². The first-order valence-electron chi connectivity index (χ1n) is 10.7. The SMILES string of the molecule is O=C(CSc1nc(C2CC2)n(-c2ccccc2)n1)N1CC[C@@H]2CCCC[C@@H]2C1. The first kappa shape index (κ1) is 18.2. The van der Waals surface area contributed by atoms with E-state index in [0.29, 0.717) is 11.7 Å². The summed E-state index contributed by atoms with van der Waals surface area (Å²) in [6, 6.07) is 10.2. The lowest BCUT2D eigenvalue weighted by Gasteiger charge is -2.41. The van der Waals surface area contributed by atoms with E-state index < -0.39 is 0 Å². The first-order valence-corrected chi connectivity index (χ1v) is 11.7. The molecular formula is C22H28N4OS. The number of piperidine rings is 1. The van der Waals surface area contributed by atoms with Crippen LogP contribution in [0.3, 0.4) is 0 Å². The van der Waals surface area contributed by atoms with Gasteiger partial charge >= 0.3 is 0 Å². The summed E-state index contributed by atoms with van der Waals surface area (Å²) in [5.74, 6) is 3.84. The number of fused-ring (bicyclic) bond motifs is 1. The van der Waals surface area contributed by atoms with Gasteiger partial charge in [-0.15, -0.1) is 5.10 Å². The molecule has 3 aliphatic rings. The summed E-state index contributed by atoms with van der Waals surface area (Å²) >= 11 is 1.49. The average molecular weight is 397 g/mol. The van der Waals surface area contributed by atoms with Gasteiger partial charge < -0.3 is 4.90 Å². The normalized spacial score (nSPS) is 24.8. The fraction of sp³-hybridized carbons (Fsp3) is 0.591. The van der Waals surface area contributed by atoms with Crippen molar-refractivity contribution in [2.24, 2.45) is 11.8 Å². The molecule has 1 saturated heterocycles. The maximum Gasteiger partial charge on any atom is 0.233 e. The van der Waals surface area contributed by atoms with Gasteiger partial charge in [0.2, 0.25) is 11.1 Å². The number of amides is 1. The third kappa shape index (κ3) is 3.84. The van der Waals surface area contributed by atoms with Crippen LogP contribution in [-0.2, 0) is 4.79 Å². The van der Waals surface area contributed by atoms with Crippen molar-refractivity contribution in [3.05, 3.63) is 36.2 Å². The van der Waals surface area contributed by atoms with Gasteiger partial charge in [0, 0.05) is 19.0 Å². The van der Waals surface area contributed by atoms with Gasteiger partial charge in [0.25, 0.3) is 0 Å². The molecule has 1 aliphatic heterocycles. The second-order valence-electron chi connectivity index (χ2n) is 8.50. The first-order chi connectivity index (χ1) is 13.8. The minimum atomic E-state index is 0.248. The van der Waals surface area contributed by atoms with Gasteiger partial charge in [0.05, 0.1) is 11.4 Å². The Labute approximate surface area is 170 Å². The van der Waals surface area contributed by atoms with Crippen molar-refractivity contribution in [3.8, 4) is 5.69 Å². The molecule has 2 heterocycles. The van der Waals surface area contributed by atoms with Crippen LogP contribution in [0.15, 0.2) is 35.5 Å². The summed E-state index contributed by atoms with van der Waals surface area (Å²) < 4.78 is 1.97. The van der Waals surface area contributed by atoms with Gasteiger partial charge in [-0.2, -0.15) is 0 Å². The molecule has 0 bridgehead atoms. The molecule has 28 heavy (non-hydrogen) atoms. The highest BCUT2D eigenvalue weighted by molar-refractivity contribution is 7.99. The number of hydrogen-bond donors (Lipinski definition) is 0. The van der Waals surface area contributed by atoms with Crippen LogP contribution < -0.4 is 0 Å². The third-order valence-corrected chi connectivity index (χ3v) is 7.35. The van der Waals surface area contributed by atoms with Crippen LogP contribution in [0.1, 0.15) is 56.7 Å². The molecule has 0 radical (unpaired) electrons. The molecule has 1 aromatic carbocycles. The summed E-state index contributed by atoms with van der Waals surface area (Å²) in [5, 5.41) is 5.45. The summed E-state index contributed by atoms with van der Waals surface area (Å²) in [6.07, 6.45) is 8.94. The maximum atomic E-state index is 12.8. The molecule has 5 rings (SSSR count). The smallest absolute Gasteiger partial charge is 0.233 e. The Kier molecular flexibility index (Phi) is 5.14. The molecule has 2 aliphatic carbocycles. The number of thioether (sulfide) groups is 1. The summed E-state index contributed by atoms with van der Waals surface area (Å²) in [4.78, 5) is 19.7. The van der Waals surface area contributed by atoms with E-state index in [2.05, 4.69) is 17.0 Å². The van der Waals surface area contributed by atoms with E-state index in [4.69, 9.17) is 10.1 Å². The Hall–Kier alpha value is -1.82. The zero-order valence-corrected chi connectivity index (χ0v) is 17.1. The molecule has 148 valence electrons. The number of likely N-dealkylation sites (tertiary alicyclic amines) is 1. The highest BCUT2D eigenvalue weighted by Gasteiger charge is 2.33. The molecule has 2 atom stereocenters. The monoisotopic (exact) mass is 396 g/mol. The van der Waals surface area contributed by atoms with Crippen LogP contribution in [0.2, 0.25) is 0 Å². The lowest BCUT2D eigenvalue weighted by atomic mass is 9.75. The van der Waals surface area contributed by atoms with Gasteiger partial charge in [-0.1, -0.05) is 49.2 Å². The third-order valence-electron chi connectivity index (χ3n) is 6.52. The van der Waals surface area contributed by atoms with E-state index in [1.165, 1.54) is 56.7 Å². The van der Waals surface area contributed by atoms with Crippen molar-refractivity contribution in [3.63, 3.8) is 0 Å². The van der Waals surface area contributed by atoms with Crippen molar-refractivity contribution in [2.75, 3.05) is 18.8 Å². The number of carbonyl (C=O) groups is 1. The van der Waals surface area contributed by atoms with Crippen molar-refractivity contribution < 1.29 is 4.79 Å². The largest absolute Gasteiger partial charge is 0.342 e. The Morgan fingerprint density at radius 2 is 1.82 bits per heavy atom. The van der Waals surface area contributed by atoms with E-state index >= 15 is 0 Å². The predicted molar refractivity (Wildman–Crippen MR) is 111 cm³/mol. The van der Waals surface area contributed by atoms with Gasteiger partial charge in [0.1, 0.15) is 5.82 Å². The molecule has 5 nitrogen and oxygen atoms in total. The molecule has 1 aromatic heterocycles. The van der Waals surface area contributed by atoms with Crippen molar-refractivity contribution >= 4 is 17.7 Å². The predicted octanol–water partition coefficient (Wildman–Crippen LogP) is 4.28. The van der Waals surface area contributed by atoms with Crippen molar-refractivity contribution in [1.29, 1.82) is 0 Å². The van der Waals surface area contributed by atoms with E-state index in [-0.39, 0.29) is 5.91 Å². The van der Waals surface area contributed by atoms with Crippen LogP contribution in [0, 0.1) is 11.8 Å². The minimum absolute atomic E-state index is 0.248. The van der Waals surface area contributed by atoms with Crippen LogP contribution >= 0.6 is 11.8 Å². The van der Waals surface area contributed by atoms with Crippen molar-refractivity contribution in [2.45, 2.75) is 56.0 Å². The van der Waals surface area contributed by atoms with Crippen LogP contribution in [0.5, 0.6) is 0 Å². The number of aromatic nitrogens is 3. The summed E-state index contributed by atoms with van der Waals surface area (Å²) in [5.41, 5.74) is 1.05. The molecule has 1 amide bonds. The van der Waals surface area contributed by atoms with Gasteiger partial charge in [0.15, 0.2) is 0 Å². The zero-order valence-electron chi connectivity index (χ0n) is 16.3. The van der Waals surface area contributed by atoms with E-state index in [1.807, 2.05) is 22.9 Å². The highest BCUT2D eigenvalue weighted by Crippen LogP contribution is 2.40. The number of rotatable bonds is 5. The lowest BCUT2D eigenvalue weighted by Crippen LogP contribution is -2.45. The number of hydrogen-bond acceptors (Lipinski definition) is 4. The fourth-order valence-electron chi connectivity index (χ4n) is 4.78. The van der Waals surface area contributed by atoms with E-state index in [1.54, 1.807) is 0 Å². The minimum Gasteiger partial charge on any atom is -0.342 e. The second kappa shape index (κ2) is 7.90. The fourth-order valence-corrected chi connectivity index (χ4v) is 5.51. The molecule has 0 N–H and O–H groups in total.